The molecule has 1 saturated heterocycles. The maximum Gasteiger partial charge on any atom is 0.416 e. The summed E-state index contributed by atoms with van der Waals surface area (Å²) in [5.41, 5.74) is 2.62. The molecule has 3 N–H and O–H groups in total. The Labute approximate surface area is 229 Å². The maximum absolute atomic E-state index is 13.3. The molecule has 1 saturated carbocycles. The van der Waals surface area contributed by atoms with Gasteiger partial charge in [-0.05, 0) is 80.5 Å². The van der Waals surface area contributed by atoms with Gasteiger partial charge in [0, 0.05) is 12.6 Å². The molecule has 0 unspecified atom stereocenters. The van der Waals surface area contributed by atoms with Gasteiger partial charge in [0.25, 0.3) is 0 Å². The van der Waals surface area contributed by atoms with Crippen LogP contribution in [-0.4, -0.2) is 36.5 Å². The molecule has 1 aliphatic heterocycles. The van der Waals surface area contributed by atoms with Crippen molar-refractivity contribution in [3.63, 3.8) is 0 Å². The highest BCUT2D eigenvalue weighted by Crippen LogP contribution is 2.42. The molecule has 1 amide bonds. The lowest BCUT2D eigenvalue weighted by Gasteiger charge is -2.48. The van der Waals surface area contributed by atoms with Crippen molar-refractivity contribution in [1.29, 1.82) is 0 Å². The number of alkyl halides is 6. The topological polar surface area (TPSA) is 67.6 Å². The normalized spacial score (nSPS) is 23.3. The Morgan fingerprint density at radius 3 is 2.25 bits per heavy atom. The van der Waals surface area contributed by atoms with Gasteiger partial charge >= 0.3 is 12.4 Å². The highest BCUT2D eigenvalue weighted by atomic mass is 19.4. The minimum Gasteiger partial charge on any atom is -0.494 e. The number of likely N-dealkylation sites (tertiary alicyclic amines) is 1. The van der Waals surface area contributed by atoms with Crippen LogP contribution in [-0.2, 0) is 27.4 Å². The molecule has 0 aromatic heterocycles. The van der Waals surface area contributed by atoms with Crippen LogP contribution in [0, 0.1) is 5.92 Å². The number of hydrogen-bond acceptors (Lipinski definition) is 4. The van der Waals surface area contributed by atoms with Gasteiger partial charge in [0.1, 0.15) is 6.10 Å². The average molecular weight is 570 g/mol. The van der Waals surface area contributed by atoms with Gasteiger partial charge < -0.3 is 15.8 Å². The molecule has 2 aliphatic rings. The first-order valence-electron chi connectivity index (χ1n) is 13.2. The SMILES string of the molecule is C[C@@H](O/C=C/[C@@]1(c2ccccc2)CC[C@H](CNC2CC2)CN1CC(N)=O)c1cc(C(F)(F)F)cc(C(F)(F)F)c1. The van der Waals surface area contributed by atoms with E-state index in [1.54, 1.807) is 6.08 Å². The standard InChI is InChI=1S/C29H33F6N3O2/c1-19(21-13-23(28(30,31)32)15-24(14-21)29(33,34)35)40-12-11-27(22-5-3-2-4-6-22)10-9-20(16-37-25-7-8-25)17-38(27)18-26(36)39/h2-6,11-15,19-20,25,37H,7-10,16-18H2,1H3,(H2,36,39)/b12-11+/t19-,20-,27-/m1/s1. The molecular formula is C29H33F6N3O2. The van der Waals surface area contributed by atoms with E-state index in [0.717, 1.165) is 31.4 Å². The number of hydrogen-bond donors (Lipinski definition) is 2. The van der Waals surface area contributed by atoms with Crippen molar-refractivity contribution in [2.24, 2.45) is 11.7 Å². The zero-order chi connectivity index (χ0) is 29.1. The fourth-order valence-corrected chi connectivity index (χ4v) is 5.23. The van der Waals surface area contributed by atoms with Crippen LogP contribution in [0.5, 0.6) is 0 Å². The van der Waals surface area contributed by atoms with Crippen LogP contribution in [0.2, 0.25) is 0 Å². The fraction of sp³-hybridized carbons (Fsp3) is 0.483. The fourth-order valence-electron chi connectivity index (χ4n) is 5.23. The summed E-state index contributed by atoms with van der Waals surface area (Å²) in [6, 6.07) is 11.4. The average Bonchev–Trinajstić information content (AvgIpc) is 3.72. The summed E-state index contributed by atoms with van der Waals surface area (Å²) < 4.78 is 85.8. The first-order chi connectivity index (χ1) is 18.8. The predicted molar refractivity (Wildman–Crippen MR) is 138 cm³/mol. The van der Waals surface area contributed by atoms with Gasteiger partial charge in [0.15, 0.2) is 0 Å². The monoisotopic (exact) mass is 569 g/mol. The number of ether oxygens (including phenoxy) is 1. The highest BCUT2D eigenvalue weighted by Gasteiger charge is 2.42. The van der Waals surface area contributed by atoms with E-state index in [0.29, 0.717) is 31.1 Å². The van der Waals surface area contributed by atoms with Gasteiger partial charge in [-0.1, -0.05) is 30.3 Å². The molecule has 3 atom stereocenters. The number of piperidine rings is 1. The Kier molecular flexibility index (Phi) is 8.84. The maximum atomic E-state index is 13.3. The summed E-state index contributed by atoms with van der Waals surface area (Å²) in [7, 11) is 0. The van der Waals surface area contributed by atoms with Crippen LogP contribution >= 0.6 is 0 Å². The van der Waals surface area contributed by atoms with Gasteiger partial charge in [0.2, 0.25) is 5.91 Å². The van der Waals surface area contributed by atoms with Crippen molar-refractivity contribution in [3.8, 4) is 0 Å². The number of carbonyl (C=O) groups excluding carboxylic acids is 1. The van der Waals surface area contributed by atoms with Crippen molar-refractivity contribution >= 4 is 5.91 Å². The molecule has 218 valence electrons. The largest absolute Gasteiger partial charge is 0.494 e. The molecule has 11 heteroatoms. The second kappa shape index (κ2) is 11.8. The zero-order valence-electron chi connectivity index (χ0n) is 22.1. The Hall–Kier alpha value is -3.05. The molecule has 2 aromatic carbocycles. The first-order valence-corrected chi connectivity index (χ1v) is 13.2. The van der Waals surface area contributed by atoms with Crippen molar-refractivity contribution in [3.05, 3.63) is 83.1 Å². The summed E-state index contributed by atoms with van der Waals surface area (Å²) >= 11 is 0. The van der Waals surface area contributed by atoms with Crippen LogP contribution in [0.15, 0.2) is 60.9 Å². The van der Waals surface area contributed by atoms with E-state index in [9.17, 15) is 31.1 Å². The summed E-state index contributed by atoms with van der Waals surface area (Å²) in [6.07, 6.45) is -4.25. The quantitative estimate of drug-likeness (QED) is 0.266. The Bertz CT molecular complexity index is 1160. The highest BCUT2D eigenvalue weighted by molar-refractivity contribution is 5.76. The van der Waals surface area contributed by atoms with E-state index in [4.69, 9.17) is 10.5 Å². The van der Waals surface area contributed by atoms with Crippen LogP contribution < -0.4 is 11.1 Å². The van der Waals surface area contributed by atoms with Crippen molar-refractivity contribution in [2.45, 2.75) is 62.6 Å². The number of nitrogens with zero attached hydrogens (tertiary/aromatic N) is 1. The van der Waals surface area contributed by atoms with Gasteiger partial charge in [-0.2, -0.15) is 26.3 Å². The summed E-state index contributed by atoms with van der Waals surface area (Å²) in [4.78, 5) is 14.1. The van der Waals surface area contributed by atoms with E-state index in [-0.39, 0.29) is 24.1 Å². The van der Waals surface area contributed by atoms with Gasteiger partial charge in [0.05, 0.1) is 29.5 Å². The third kappa shape index (κ3) is 7.37. The van der Waals surface area contributed by atoms with E-state index in [1.165, 1.54) is 13.2 Å². The number of nitrogens with two attached hydrogens (primary N) is 1. The summed E-state index contributed by atoms with van der Waals surface area (Å²) in [5, 5.41) is 3.53. The van der Waals surface area contributed by atoms with Crippen LogP contribution in [0.1, 0.15) is 61.0 Å². The van der Waals surface area contributed by atoms with Crippen LogP contribution in [0.4, 0.5) is 26.3 Å². The van der Waals surface area contributed by atoms with E-state index < -0.39 is 41.0 Å². The van der Waals surface area contributed by atoms with Crippen LogP contribution in [0.3, 0.4) is 0 Å². The van der Waals surface area contributed by atoms with Crippen molar-refractivity contribution in [2.75, 3.05) is 19.6 Å². The molecule has 1 heterocycles. The minimum absolute atomic E-state index is 0.0305. The first kappa shape index (κ1) is 29.9. The summed E-state index contributed by atoms with van der Waals surface area (Å²) in [5.74, 6) is -0.238. The molecule has 2 fully saturated rings. The van der Waals surface area contributed by atoms with Gasteiger partial charge in [-0.15, -0.1) is 0 Å². The Balaban J connectivity index is 1.61. The third-order valence-electron chi connectivity index (χ3n) is 7.58. The third-order valence-corrected chi connectivity index (χ3v) is 7.58. The smallest absolute Gasteiger partial charge is 0.416 e. The number of rotatable bonds is 10. The lowest BCUT2D eigenvalue weighted by atomic mass is 9.77. The number of carbonyl (C=O) groups is 1. The van der Waals surface area contributed by atoms with E-state index >= 15 is 0 Å². The molecule has 0 bridgehead atoms. The zero-order valence-corrected chi connectivity index (χ0v) is 22.1. The Morgan fingerprint density at radius 1 is 1.07 bits per heavy atom. The summed E-state index contributed by atoms with van der Waals surface area (Å²) in [6.45, 7) is 2.73. The lowest BCUT2D eigenvalue weighted by Crippen LogP contribution is -2.54. The van der Waals surface area contributed by atoms with E-state index in [1.807, 2.05) is 35.2 Å². The molecule has 0 spiro atoms. The molecule has 5 nitrogen and oxygen atoms in total. The predicted octanol–water partition coefficient (Wildman–Crippen LogP) is 6.16. The van der Waals surface area contributed by atoms with Gasteiger partial charge in [-0.3, -0.25) is 9.69 Å². The molecule has 2 aromatic rings. The van der Waals surface area contributed by atoms with Crippen LogP contribution in [0.25, 0.3) is 0 Å². The van der Waals surface area contributed by atoms with Crippen molar-refractivity contribution < 1.29 is 35.9 Å². The Morgan fingerprint density at radius 2 is 1.70 bits per heavy atom. The molecular weight excluding hydrogens is 536 g/mol. The van der Waals surface area contributed by atoms with E-state index in [2.05, 4.69) is 5.32 Å². The molecule has 4 rings (SSSR count). The number of benzene rings is 2. The number of primary amides is 1. The minimum atomic E-state index is -4.95. The van der Waals surface area contributed by atoms with Crippen molar-refractivity contribution in [1.82, 2.24) is 10.2 Å². The number of halogens is 6. The number of amides is 1. The number of nitrogens with one attached hydrogen (secondary N) is 1. The molecule has 40 heavy (non-hydrogen) atoms. The second-order valence-corrected chi connectivity index (χ2v) is 10.6. The molecule has 1 aliphatic carbocycles. The lowest BCUT2D eigenvalue weighted by molar-refractivity contribution is -0.143. The molecule has 0 radical (unpaired) electrons. The van der Waals surface area contributed by atoms with Gasteiger partial charge in [-0.25, -0.2) is 0 Å². The second-order valence-electron chi connectivity index (χ2n) is 10.6.